The molecule has 0 bridgehead atoms. The Kier molecular flexibility index (Phi) is 74.9. The molecule has 0 aliphatic heterocycles. The molecular weight excluding hydrogens is 1050 g/mol. The SMILES string of the molecule is CCCCCCCCCOC(CCCCCCCCCC=CC(OCCCCCCCC)OC(C=CCCCCCCCCCC(OCCCCCCCCC)OCCCCCCCCC)OCCCCCCCC)OCCCCCCCCC. The van der Waals surface area contributed by atoms with Gasteiger partial charge in [0.2, 0.25) is 0 Å². The highest BCUT2D eigenvalue weighted by Gasteiger charge is 2.15. The van der Waals surface area contributed by atoms with Gasteiger partial charge in [0.05, 0.1) is 13.2 Å². The van der Waals surface area contributed by atoms with Gasteiger partial charge >= 0.3 is 0 Å². The number of unbranched alkanes of at least 4 members (excludes halogenated alkanes) is 48. The Morgan fingerprint density at radius 2 is 0.388 bits per heavy atom. The first-order valence-electron chi connectivity index (χ1n) is 38.8. The van der Waals surface area contributed by atoms with E-state index in [9.17, 15) is 0 Å². The lowest BCUT2D eigenvalue weighted by molar-refractivity contribution is -0.208. The van der Waals surface area contributed by atoms with Crippen molar-refractivity contribution in [1.82, 2.24) is 0 Å². The third kappa shape index (κ3) is 68.9. The van der Waals surface area contributed by atoms with Crippen LogP contribution >= 0.6 is 0 Å². The highest BCUT2D eigenvalue weighted by molar-refractivity contribution is 4.90. The van der Waals surface area contributed by atoms with Gasteiger partial charge in [0.15, 0.2) is 25.2 Å². The van der Waals surface area contributed by atoms with Gasteiger partial charge in [-0.3, -0.25) is 0 Å². The molecule has 0 amide bonds. The highest BCUT2D eigenvalue weighted by Crippen LogP contribution is 2.20. The Bertz CT molecular complexity index is 1110. The zero-order valence-electron chi connectivity index (χ0n) is 58.7. The van der Waals surface area contributed by atoms with Crippen LogP contribution in [0.4, 0.5) is 0 Å². The lowest BCUT2D eigenvalue weighted by Gasteiger charge is -2.22. The molecule has 0 aliphatic carbocycles. The lowest BCUT2D eigenvalue weighted by atomic mass is 10.1. The minimum atomic E-state index is -0.388. The quantitative estimate of drug-likeness (QED) is 0.0341. The van der Waals surface area contributed by atoms with Gasteiger partial charge in [-0.2, -0.15) is 0 Å². The summed E-state index contributed by atoms with van der Waals surface area (Å²) >= 11 is 0. The van der Waals surface area contributed by atoms with Crippen LogP contribution in [0.2, 0.25) is 0 Å². The Hall–Kier alpha value is -0.800. The van der Waals surface area contributed by atoms with Gasteiger partial charge in [0.1, 0.15) is 0 Å². The van der Waals surface area contributed by atoms with Crippen LogP contribution in [0.25, 0.3) is 0 Å². The molecule has 2 atom stereocenters. The van der Waals surface area contributed by atoms with Crippen molar-refractivity contribution in [2.45, 2.75) is 439 Å². The summed E-state index contributed by atoms with van der Waals surface area (Å²) < 4.78 is 45.1. The van der Waals surface area contributed by atoms with Gasteiger partial charge in [-0.1, -0.05) is 336 Å². The van der Waals surface area contributed by atoms with E-state index in [1.807, 2.05) is 0 Å². The molecular formula is C78H154O7. The molecule has 0 aromatic heterocycles. The molecule has 2 unspecified atom stereocenters. The predicted molar refractivity (Wildman–Crippen MR) is 372 cm³/mol. The lowest BCUT2D eigenvalue weighted by Crippen LogP contribution is -2.25. The van der Waals surface area contributed by atoms with E-state index >= 15 is 0 Å². The third-order valence-corrected chi connectivity index (χ3v) is 17.2. The van der Waals surface area contributed by atoms with E-state index in [0.29, 0.717) is 0 Å². The number of rotatable bonds is 76. The second-order valence-electron chi connectivity index (χ2n) is 25.9. The maximum Gasteiger partial charge on any atom is 0.180 e. The van der Waals surface area contributed by atoms with Crippen LogP contribution < -0.4 is 0 Å². The molecule has 0 spiro atoms. The van der Waals surface area contributed by atoms with Crippen molar-refractivity contribution >= 4 is 0 Å². The van der Waals surface area contributed by atoms with Crippen molar-refractivity contribution in [2.24, 2.45) is 0 Å². The first-order valence-corrected chi connectivity index (χ1v) is 38.8. The molecule has 0 fully saturated rings. The molecule has 0 saturated heterocycles. The topological polar surface area (TPSA) is 64.6 Å². The van der Waals surface area contributed by atoms with Gasteiger partial charge in [0, 0.05) is 26.4 Å². The molecule has 7 nitrogen and oxygen atoms in total. The molecule has 7 heteroatoms. The van der Waals surface area contributed by atoms with Gasteiger partial charge < -0.3 is 33.2 Å². The summed E-state index contributed by atoms with van der Waals surface area (Å²) in [7, 11) is 0. The zero-order valence-corrected chi connectivity index (χ0v) is 58.7. The van der Waals surface area contributed by atoms with E-state index in [0.717, 1.165) is 78.2 Å². The minimum absolute atomic E-state index is 0.0198. The summed E-state index contributed by atoms with van der Waals surface area (Å²) in [5.74, 6) is 0. The summed E-state index contributed by atoms with van der Waals surface area (Å²) in [5, 5.41) is 0. The van der Waals surface area contributed by atoms with E-state index in [1.54, 1.807) is 0 Å². The summed E-state index contributed by atoms with van der Waals surface area (Å²) in [5.41, 5.74) is 0. The van der Waals surface area contributed by atoms with Crippen LogP contribution in [0.5, 0.6) is 0 Å². The van der Waals surface area contributed by atoms with Crippen molar-refractivity contribution in [2.75, 3.05) is 39.6 Å². The Labute approximate surface area is 533 Å². The summed E-state index contributed by atoms with van der Waals surface area (Å²) in [6, 6.07) is 0. The van der Waals surface area contributed by atoms with Crippen LogP contribution in [0.3, 0.4) is 0 Å². The first-order chi connectivity index (χ1) is 42.1. The van der Waals surface area contributed by atoms with Crippen LogP contribution in [-0.2, 0) is 33.2 Å². The molecule has 0 radical (unpaired) electrons. The molecule has 0 rings (SSSR count). The van der Waals surface area contributed by atoms with Gasteiger partial charge in [-0.25, -0.2) is 0 Å². The average Bonchev–Trinajstić information content (AvgIpc) is 3.51. The highest BCUT2D eigenvalue weighted by atomic mass is 16.8. The van der Waals surface area contributed by atoms with Gasteiger partial charge in [-0.15, -0.1) is 0 Å². The molecule has 508 valence electrons. The van der Waals surface area contributed by atoms with Crippen molar-refractivity contribution in [3.8, 4) is 0 Å². The largest absolute Gasteiger partial charge is 0.353 e. The molecule has 85 heavy (non-hydrogen) atoms. The normalized spacial score (nSPS) is 12.9. The van der Waals surface area contributed by atoms with Crippen molar-refractivity contribution in [3.63, 3.8) is 0 Å². The van der Waals surface area contributed by atoms with Crippen LogP contribution in [0, 0.1) is 0 Å². The number of ether oxygens (including phenoxy) is 7. The Balaban J connectivity index is 5.07. The second-order valence-corrected chi connectivity index (χ2v) is 25.9. The molecule has 0 aromatic carbocycles. The summed E-state index contributed by atoms with van der Waals surface area (Å²) in [4.78, 5) is 0. The number of allylic oxidation sites excluding steroid dienone is 2. The zero-order chi connectivity index (χ0) is 61.3. The van der Waals surface area contributed by atoms with E-state index in [4.69, 9.17) is 33.2 Å². The fourth-order valence-corrected chi connectivity index (χ4v) is 11.4. The van der Waals surface area contributed by atoms with E-state index in [2.05, 4.69) is 65.8 Å². The van der Waals surface area contributed by atoms with Gasteiger partial charge in [0.25, 0.3) is 0 Å². The molecule has 0 aliphatic rings. The van der Waals surface area contributed by atoms with Crippen molar-refractivity contribution < 1.29 is 33.2 Å². The number of hydrogen-bond acceptors (Lipinski definition) is 7. The fraction of sp³-hybridized carbons (Fsp3) is 0.949. The molecule has 0 heterocycles. The maximum absolute atomic E-state index is 6.68. The fourth-order valence-electron chi connectivity index (χ4n) is 11.4. The minimum Gasteiger partial charge on any atom is -0.353 e. The monoisotopic (exact) mass is 1200 g/mol. The summed E-state index contributed by atoms with van der Waals surface area (Å²) in [6.45, 7) is 18.6. The van der Waals surface area contributed by atoms with Crippen LogP contribution in [-0.4, -0.2) is 64.8 Å². The Morgan fingerprint density at radius 1 is 0.200 bits per heavy atom. The van der Waals surface area contributed by atoms with E-state index < -0.39 is 0 Å². The molecule has 0 N–H and O–H groups in total. The standard InChI is InChI=1S/C78H154O7/c1-7-13-19-25-41-51-59-69-79-75(80-70-60-52-42-26-20-14-8-2)65-55-45-37-33-31-35-39-47-57-67-77(83-73-63-49-29-23-17-11-5)85-78(84-74-64-50-30-24-18-12-6)68-58-48-40-36-32-34-38-46-56-66-76(81-71-61-53-43-27-21-15-9-3)82-72-62-54-44-28-22-16-10-4/h57-58,67-68,75-78H,7-56,59-66,69-74H2,1-6H3. The summed E-state index contributed by atoms with van der Waals surface area (Å²) in [6.07, 6.45) is 82.2. The van der Waals surface area contributed by atoms with Crippen molar-refractivity contribution in [3.05, 3.63) is 24.3 Å². The van der Waals surface area contributed by atoms with Crippen LogP contribution in [0.15, 0.2) is 24.3 Å². The average molecular weight is 1200 g/mol. The van der Waals surface area contributed by atoms with E-state index in [-0.39, 0.29) is 25.2 Å². The Morgan fingerprint density at radius 3 is 0.624 bits per heavy atom. The maximum atomic E-state index is 6.68. The smallest absolute Gasteiger partial charge is 0.180 e. The molecule has 0 aromatic rings. The molecule has 0 saturated carbocycles. The van der Waals surface area contributed by atoms with Gasteiger partial charge in [-0.05, 0) is 102 Å². The predicted octanol–water partition coefficient (Wildman–Crippen LogP) is 26.3. The second kappa shape index (κ2) is 75.7. The third-order valence-electron chi connectivity index (χ3n) is 17.2. The van der Waals surface area contributed by atoms with E-state index in [1.165, 1.54) is 334 Å². The number of hydrogen-bond donors (Lipinski definition) is 0. The first kappa shape index (κ1) is 84.2. The van der Waals surface area contributed by atoms with Crippen molar-refractivity contribution in [1.29, 1.82) is 0 Å². The van der Waals surface area contributed by atoms with Crippen LogP contribution in [0.1, 0.15) is 414 Å².